The van der Waals surface area contributed by atoms with Gasteiger partial charge in [-0.2, -0.15) is 0 Å². The Morgan fingerprint density at radius 1 is 1.40 bits per heavy atom. The summed E-state index contributed by atoms with van der Waals surface area (Å²) in [6, 6.07) is 2.01. The number of hydrogen-bond donors (Lipinski definition) is 1. The van der Waals surface area contributed by atoms with Crippen molar-refractivity contribution in [1.82, 2.24) is 4.98 Å². The Morgan fingerprint density at radius 3 is 2.60 bits per heavy atom. The van der Waals surface area contributed by atoms with Gasteiger partial charge >= 0.3 is 0 Å². The molecule has 0 atom stereocenters. The second kappa shape index (κ2) is 4.06. The van der Waals surface area contributed by atoms with Gasteiger partial charge in [-0.05, 0) is 70.5 Å². The van der Waals surface area contributed by atoms with Gasteiger partial charge in [0, 0.05) is 16.2 Å². The average Bonchev–Trinajstić information content (AvgIpc) is 2.92. The van der Waals surface area contributed by atoms with Crippen LogP contribution in [0.5, 0.6) is 0 Å². The van der Waals surface area contributed by atoms with Crippen molar-refractivity contribution in [1.29, 1.82) is 0 Å². The number of hydrogen-bond acceptors (Lipinski definition) is 2. The summed E-state index contributed by atoms with van der Waals surface area (Å²) in [4.78, 5) is 4.37. The highest BCUT2D eigenvalue weighted by molar-refractivity contribution is 9.11. The van der Waals surface area contributed by atoms with E-state index < -0.39 is 0 Å². The molecule has 1 saturated carbocycles. The normalized spacial score (nSPS) is 16.5. The molecule has 0 saturated heterocycles. The van der Waals surface area contributed by atoms with Gasteiger partial charge in [0.15, 0.2) is 0 Å². The maximum Gasteiger partial charge on any atom is 0.140 e. The molecule has 1 fully saturated rings. The van der Waals surface area contributed by atoms with Gasteiger partial charge in [-0.1, -0.05) is 0 Å². The van der Waals surface area contributed by atoms with Crippen LogP contribution in [-0.2, 0) is 0 Å². The van der Waals surface area contributed by atoms with Crippen LogP contribution in [0.1, 0.15) is 26.7 Å². The molecule has 4 heteroatoms. The van der Waals surface area contributed by atoms with E-state index in [1.807, 2.05) is 12.3 Å². The van der Waals surface area contributed by atoms with Crippen LogP contribution in [0.25, 0.3) is 0 Å². The van der Waals surface area contributed by atoms with Crippen molar-refractivity contribution >= 4 is 37.7 Å². The fraction of sp³-hybridized carbons (Fsp3) is 0.545. The number of pyridine rings is 1. The van der Waals surface area contributed by atoms with E-state index >= 15 is 0 Å². The molecule has 0 aliphatic heterocycles. The largest absolute Gasteiger partial charge is 0.364 e. The molecule has 0 unspecified atom stereocenters. The van der Waals surface area contributed by atoms with Crippen molar-refractivity contribution in [2.75, 3.05) is 5.32 Å². The molecule has 0 aromatic carbocycles. The highest BCUT2D eigenvalue weighted by Crippen LogP contribution is 2.41. The van der Waals surface area contributed by atoms with E-state index in [9.17, 15) is 0 Å². The molecule has 1 heterocycles. The van der Waals surface area contributed by atoms with E-state index in [0.29, 0.717) is 0 Å². The van der Waals surface area contributed by atoms with Crippen molar-refractivity contribution < 1.29 is 0 Å². The Bertz CT molecular complexity index is 373. The molecule has 2 nitrogen and oxygen atoms in total. The minimum Gasteiger partial charge on any atom is -0.364 e. The Morgan fingerprint density at radius 2 is 2.07 bits per heavy atom. The minimum absolute atomic E-state index is 0.142. The van der Waals surface area contributed by atoms with E-state index in [0.717, 1.165) is 20.7 Å². The third-order valence-electron chi connectivity index (χ3n) is 2.85. The summed E-state index contributed by atoms with van der Waals surface area (Å²) in [5.74, 6) is 1.71. The van der Waals surface area contributed by atoms with Crippen LogP contribution >= 0.6 is 31.9 Å². The number of halogens is 2. The third kappa shape index (κ3) is 2.72. The van der Waals surface area contributed by atoms with Crippen molar-refractivity contribution in [2.45, 2.75) is 32.2 Å². The van der Waals surface area contributed by atoms with Crippen LogP contribution < -0.4 is 5.32 Å². The van der Waals surface area contributed by atoms with Gasteiger partial charge in [0.1, 0.15) is 5.82 Å². The fourth-order valence-corrected chi connectivity index (χ4v) is 2.81. The van der Waals surface area contributed by atoms with E-state index in [2.05, 4.69) is 56.0 Å². The van der Waals surface area contributed by atoms with Crippen molar-refractivity contribution in [3.8, 4) is 0 Å². The molecule has 1 aromatic rings. The predicted molar refractivity (Wildman–Crippen MR) is 70.1 cm³/mol. The number of nitrogens with zero attached hydrogens (tertiary/aromatic N) is 1. The van der Waals surface area contributed by atoms with Crippen LogP contribution in [0.3, 0.4) is 0 Å². The van der Waals surface area contributed by atoms with Gasteiger partial charge in [-0.25, -0.2) is 4.98 Å². The summed E-state index contributed by atoms with van der Waals surface area (Å²) in [6.07, 6.45) is 4.47. The summed E-state index contributed by atoms with van der Waals surface area (Å²) in [7, 11) is 0. The first-order chi connectivity index (χ1) is 6.99. The zero-order chi connectivity index (χ0) is 11.1. The molecular formula is C11H14Br2N2. The van der Waals surface area contributed by atoms with Crippen molar-refractivity contribution in [3.05, 3.63) is 21.2 Å². The molecular weight excluding hydrogens is 320 g/mol. The first-order valence-electron chi connectivity index (χ1n) is 5.08. The lowest BCUT2D eigenvalue weighted by atomic mass is 9.99. The first-order valence-corrected chi connectivity index (χ1v) is 6.67. The molecule has 15 heavy (non-hydrogen) atoms. The first kappa shape index (κ1) is 11.4. The van der Waals surface area contributed by atoms with E-state index in [4.69, 9.17) is 0 Å². The lowest BCUT2D eigenvalue weighted by Gasteiger charge is -2.27. The van der Waals surface area contributed by atoms with Crippen molar-refractivity contribution in [2.24, 2.45) is 5.92 Å². The molecule has 0 bridgehead atoms. The zero-order valence-electron chi connectivity index (χ0n) is 8.85. The smallest absolute Gasteiger partial charge is 0.140 e. The molecule has 1 aliphatic rings. The molecule has 0 amide bonds. The fourth-order valence-electron chi connectivity index (χ4n) is 1.72. The van der Waals surface area contributed by atoms with Crippen LogP contribution in [-0.4, -0.2) is 10.5 Å². The number of nitrogens with one attached hydrogen (secondary N) is 1. The van der Waals surface area contributed by atoms with Crippen LogP contribution in [0, 0.1) is 5.92 Å². The van der Waals surface area contributed by atoms with Gasteiger partial charge in [-0.3, -0.25) is 0 Å². The van der Waals surface area contributed by atoms with Gasteiger partial charge in [-0.15, -0.1) is 0 Å². The Hall–Kier alpha value is -0.0900. The summed E-state index contributed by atoms with van der Waals surface area (Å²) < 4.78 is 2.00. The molecule has 82 valence electrons. The van der Waals surface area contributed by atoms with Gasteiger partial charge < -0.3 is 5.32 Å². The SMILES string of the molecule is CC(C)(Nc1ncc(Br)cc1Br)C1CC1. The predicted octanol–water partition coefficient (Wildman–Crippen LogP) is 4.21. The molecule has 2 rings (SSSR count). The lowest BCUT2D eigenvalue weighted by molar-refractivity contribution is 0.492. The van der Waals surface area contributed by atoms with Crippen LogP contribution in [0.15, 0.2) is 21.2 Å². The summed E-state index contributed by atoms with van der Waals surface area (Å²) in [5.41, 5.74) is 0.142. The number of anilines is 1. The standard InChI is InChI=1S/C11H14Br2N2/c1-11(2,7-3-4-7)15-10-9(13)5-8(12)6-14-10/h5-7H,3-4H2,1-2H3,(H,14,15). The Labute approximate surface area is 107 Å². The Kier molecular flexibility index (Phi) is 3.08. The summed E-state index contributed by atoms with van der Waals surface area (Å²) in [5, 5.41) is 3.50. The maximum atomic E-state index is 4.37. The second-order valence-electron chi connectivity index (χ2n) is 4.60. The highest BCUT2D eigenvalue weighted by atomic mass is 79.9. The van der Waals surface area contributed by atoms with Gasteiger partial charge in [0.25, 0.3) is 0 Å². The topological polar surface area (TPSA) is 24.9 Å². The second-order valence-corrected chi connectivity index (χ2v) is 6.37. The number of aromatic nitrogens is 1. The molecule has 1 N–H and O–H groups in total. The van der Waals surface area contributed by atoms with E-state index in [1.54, 1.807) is 0 Å². The number of rotatable bonds is 3. The minimum atomic E-state index is 0.142. The van der Waals surface area contributed by atoms with Gasteiger partial charge in [0.05, 0.1) is 4.47 Å². The Balaban J connectivity index is 2.16. The quantitative estimate of drug-likeness (QED) is 0.896. The molecule has 1 aliphatic carbocycles. The van der Waals surface area contributed by atoms with Crippen molar-refractivity contribution in [3.63, 3.8) is 0 Å². The summed E-state index contributed by atoms with van der Waals surface area (Å²) in [6.45, 7) is 4.47. The molecule has 0 spiro atoms. The average molecular weight is 334 g/mol. The lowest BCUT2D eigenvalue weighted by Crippen LogP contribution is -2.33. The van der Waals surface area contributed by atoms with Crippen LogP contribution in [0.2, 0.25) is 0 Å². The summed E-state index contributed by atoms with van der Waals surface area (Å²) >= 11 is 6.91. The van der Waals surface area contributed by atoms with Crippen LogP contribution in [0.4, 0.5) is 5.82 Å². The van der Waals surface area contributed by atoms with E-state index in [-0.39, 0.29) is 5.54 Å². The van der Waals surface area contributed by atoms with E-state index in [1.165, 1.54) is 12.8 Å². The van der Waals surface area contributed by atoms with Gasteiger partial charge in [0.2, 0.25) is 0 Å². The monoisotopic (exact) mass is 332 g/mol. The third-order valence-corrected chi connectivity index (χ3v) is 3.88. The highest BCUT2D eigenvalue weighted by Gasteiger charge is 2.38. The molecule has 0 radical (unpaired) electrons. The molecule has 1 aromatic heterocycles. The zero-order valence-corrected chi connectivity index (χ0v) is 12.0. The maximum absolute atomic E-state index is 4.37.